The van der Waals surface area contributed by atoms with Crippen LogP contribution in [0, 0.1) is 13.8 Å². The molecule has 1 N–H and O–H groups in total. The fourth-order valence-corrected chi connectivity index (χ4v) is 12.8. The van der Waals surface area contributed by atoms with E-state index in [2.05, 4.69) is 65.2 Å². The van der Waals surface area contributed by atoms with Crippen molar-refractivity contribution in [3.05, 3.63) is 297 Å². The first-order chi connectivity index (χ1) is 46.0. The third-order valence-corrected chi connectivity index (χ3v) is 17.2. The van der Waals surface area contributed by atoms with E-state index in [4.69, 9.17) is 23.7 Å². The number of allylic oxidation sites excluding steroid dienone is 1. The number of aryl methyl sites for hydroxylation is 1. The Balaban J connectivity index is 0.778. The van der Waals surface area contributed by atoms with Gasteiger partial charge in [-0.2, -0.15) is 0 Å². The van der Waals surface area contributed by atoms with Crippen LogP contribution in [-0.4, -0.2) is 55.4 Å². The van der Waals surface area contributed by atoms with Crippen molar-refractivity contribution in [2.45, 2.75) is 60.2 Å². The molecule has 12 rings (SSSR count). The molecular weight excluding hydrogens is 1200 g/mol. The highest BCUT2D eigenvalue weighted by atomic mass is 19.2. The summed E-state index contributed by atoms with van der Waals surface area (Å²) in [4.78, 5) is 74.3. The number of imide groups is 1. The van der Waals surface area contributed by atoms with Crippen molar-refractivity contribution >= 4 is 75.8 Å². The van der Waals surface area contributed by atoms with Gasteiger partial charge in [0, 0.05) is 69.1 Å². The van der Waals surface area contributed by atoms with Crippen LogP contribution in [0.25, 0.3) is 27.5 Å². The Kier molecular flexibility index (Phi) is 18.0. The smallest absolute Gasteiger partial charge is 0.496 e. The summed E-state index contributed by atoms with van der Waals surface area (Å²) in [5.74, 6) is -3.08. The van der Waals surface area contributed by atoms with Gasteiger partial charge in [-0.05, 0) is 157 Å². The fourth-order valence-electron chi connectivity index (χ4n) is 12.8. The molecule has 0 unspecified atom stereocenters. The molecule has 0 aliphatic carbocycles. The minimum absolute atomic E-state index is 0.0123. The normalized spacial score (nSPS) is 13.3. The molecule has 9 aromatic carbocycles. The van der Waals surface area contributed by atoms with Gasteiger partial charge in [0.05, 0.1) is 36.6 Å². The van der Waals surface area contributed by atoms with Crippen molar-refractivity contribution in [2.75, 3.05) is 24.0 Å². The summed E-state index contributed by atoms with van der Waals surface area (Å²) in [6.07, 6.45) is 0.739. The van der Waals surface area contributed by atoms with Crippen LogP contribution >= 0.6 is 0 Å². The second-order valence-electron chi connectivity index (χ2n) is 23.3. The molecule has 17 heteroatoms. The first-order valence-corrected chi connectivity index (χ1v) is 31.0. The lowest BCUT2D eigenvalue weighted by molar-refractivity contribution is -0.140. The molecule has 95 heavy (non-hydrogen) atoms. The molecule has 0 radical (unpaired) electrons. The van der Waals surface area contributed by atoms with Gasteiger partial charge in [0.15, 0.2) is 0 Å². The number of benzene rings is 9. The van der Waals surface area contributed by atoms with Gasteiger partial charge < -0.3 is 46.9 Å². The number of anilines is 4. The third kappa shape index (κ3) is 12.5. The van der Waals surface area contributed by atoms with Crippen LogP contribution in [0.1, 0.15) is 97.0 Å². The number of amides is 2. The lowest BCUT2D eigenvalue weighted by Gasteiger charge is -2.41. The lowest BCUT2D eigenvalue weighted by atomic mass is 9.82. The minimum Gasteiger partial charge on any atom is -0.496 e. The maximum Gasteiger partial charge on any atom is 0.526 e. The molecule has 3 heterocycles. The molecule has 2 aliphatic rings. The van der Waals surface area contributed by atoms with E-state index in [1.165, 1.54) is 45.1 Å². The van der Waals surface area contributed by atoms with Crippen LogP contribution in [0.3, 0.4) is 0 Å². The van der Waals surface area contributed by atoms with E-state index < -0.39 is 36.7 Å². The van der Waals surface area contributed by atoms with Gasteiger partial charge in [0.25, 0.3) is 11.8 Å². The monoisotopic (exact) mass is 1270 g/mol. The average molecular weight is 1270 g/mol. The number of carbonyl (C=O) groups excluding carboxylic acids is 5. The first kappa shape index (κ1) is 63.6. The molecular formula is C78H66BF2N4O10-. The molecule has 1 aromatic heterocycles. The molecule has 0 atom stereocenters. The first-order valence-electron chi connectivity index (χ1n) is 31.0. The van der Waals surface area contributed by atoms with Crippen molar-refractivity contribution in [1.29, 1.82) is 0 Å². The fraction of sp³-hybridized carbons (Fsp3) is 0.141. The standard InChI is InChI=1S/C78H66BF2N4O10/c1-48(2)68(77(89)93-46-53-22-12-8-13-23-53)49(3)73-72(74-50(4)69(51(5)85(74)79(80,81)82-73)78(90)94-47-54-24-14-9-15-25-54)71-65(91-6)44-60(45-66(71)92-7)95-67(86)33-20-26-52-34-38-59(39-35-52)84-75(87)63-32-21-31-62-61(42-43-64(70(62)63)76(84)88)55-36-40-58(41-37-55)83(56-27-16-10-17-28-56)57-29-18-11-19-30-57/h8-19,21-25,27-32,34-45,82H,1,20,26,33,46-47H2,2-7H3/q-1/b68-49+. The summed E-state index contributed by atoms with van der Waals surface area (Å²) in [7, 11) is 2.71. The van der Waals surface area contributed by atoms with E-state index >= 15 is 8.63 Å². The van der Waals surface area contributed by atoms with Crippen molar-refractivity contribution in [3.63, 3.8) is 0 Å². The SMILES string of the molecule is C=C(C)/C(C(=O)OCc1ccccc1)=C(/C)C1=C(c2c(OC)cc(OC(=O)CCCc3ccc(N4C(=O)c5cccc6c(-c7ccc(N(c8ccccc8)c8ccccc8)cc7)ccc(c56)C4=O)cc3)cc2OC)c2c(C)c(C(=O)OCc3ccccc3)c(C)n2[B-](F)(F)N1. The molecule has 14 nitrogen and oxygen atoms in total. The largest absolute Gasteiger partial charge is 0.526 e. The Morgan fingerprint density at radius 3 is 1.72 bits per heavy atom. The molecule has 0 spiro atoms. The number of ether oxygens (including phenoxy) is 5. The molecule has 2 amide bonds. The highest BCUT2D eigenvalue weighted by molar-refractivity contribution is 6.63. The van der Waals surface area contributed by atoms with Crippen LogP contribution in [0.4, 0.5) is 31.4 Å². The molecule has 0 fully saturated rings. The highest BCUT2D eigenvalue weighted by Gasteiger charge is 2.44. The van der Waals surface area contributed by atoms with E-state index in [9.17, 15) is 24.0 Å². The molecule has 0 saturated heterocycles. The van der Waals surface area contributed by atoms with Crippen molar-refractivity contribution in [3.8, 4) is 28.4 Å². The topological polar surface area (TPSA) is 155 Å². The Morgan fingerprint density at radius 1 is 0.611 bits per heavy atom. The molecule has 476 valence electrons. The van der Waals surface area contributed by atoms with E-state index in [0.29, 0.717) is 46.2 Å². The van der Waals surface area contributed by atoms with Gasteiger partial charge in [0.2, 0.25) is 0 Å². The average Bonchev–Trinajstić information content (AvgIpc) is 1.66. The summed E-state index contributed by atoms with van der Waals surface area (Å²) in [5.41, 5.74) is 8.26. The van der Waals surface area contributed by atoms with Crippen LogP contribution < -0.4 is 29.2 Å². The lowest BCUT2D eigenvalue weighted by Crippen LogP contribution is -2.53. The molecule has 0 saturated carbocycles. The minimum atomic E-state index is -4.80. The quantitative estimate of drug-likeness (QED) is 0.0182. The van der Waals surface area contributed by atoms with Crippen LogP contribution in [0.5, 0.6) is 17.2 Å². The van der Waals surface area contributed by atoms with Gasteiger partial charge in [0.1, 0.15) is 30.5 Å². The number of aromatic nitrogens is 1. The zero-order valence-electron chi connectivity index (χ0n) is 53.2. The number of nitrogens with zero attached hydrogens (tertiary/aromatic N) is 3. The molecule has 2 aliphatic heterocycles. The number of para-hydroxylation sites is 2. The van der Waals surface area contributed by atoms with Crippen molar-refractivity contribution in [2.24, 2.45) is 0 Å². The summed E-state index contributed by atoms with van der Waals surface area (Å²) >= 11 is 0. The maximum absolute atomic E-state index is 17.2. The van der Waals surface area contributed by atoms with Crippen LogP contribution in [0.15, 0.2) is 241 Å². The second kappa shape index (κ2) is 26.9. The summed E-state index contributed by atoms with van der Waals surface area (Å²) in [6.45, 7) is 5.05. The highest BCUT2D eigenvalue weighted by Crippen LogP contribution is 2.49. The van der Waals surface area contributed by atoms with Gasteiger partial charge >= 0.3 is 24.9 Å². The maximum atomic E-state index is 17.2. The number of esters is 3. The summed E-state index contributed by atoms with van der Waals surface area (Å²) < 4.78 is 64.7. The number of rotatable bonds is 21. The Labute approximate surface area is 549 Å². The third-order valence-electron chi connectivity index (χ3n) is 17.2. The van der Waals surface area contributed by atoms with Gasteiger partial charge in [-0.15, -0.1) is 0 Å². The van der Waals surface area contributed by atoms with E-state index in [0.717, 1.165) is 43.6 Å². The zero-order valence-corrected chi connectivity index (χ0v) is 53.2. The predicted molar refractivity (Wildman–Crippen MR) is 366 cm³/mol. The summed E-state index contributed by atoms with van der Waals surface area (Å²) in [5, 5.41) is 3.84. The number of hydrogen-bond acceptors (Lipinski definition) is 12. The number of hydrogen-bond donors (Lipinski definition) is 1. The Bertz CT molecular complexity index is 4640. The number of carbonyl (C=O) groups is 5. The van der Waals surface area contributed by atoms with Crippen molar-refractivity contribution in [1.82, 2.24) is 9.71 Å². The predicted octanol–water partition coefficient (Wildman–Crippen LogP) is 16.7. The van der Waals surface area contributed by atoms with Crippen LogP contribution in [0.2, 0.25) is 0 Å². The van der Waals surface area contributed by atoms with Gasteiger partial charge in [-0.1, -0.05) is 146 Å². The van der Waals surface area contributed by atoms with Gasteiger partial charge in [-0.3, -0.25) is 14.4 Å². The summed E-state index contributed by atoms with van der Waals surface area (Å²) in [6, 6.07) is 65.7. The molecule has 10 aromatic rings. The van der Waals surface area contributed by atoms with Gasteiger partial charge in [-0.25, -0.2) is 14.5 Å². The van der Waals surface area contributed by atoms with E-state index in [-0.39, 0.29) is 93.0 Å². The zero-order chi connectivity index (χ0) is 66.7. The van der Waals surface area contributed by atoms with E-state index in [1.54, 1.807) is 86.6 Å². The number of fused-ring (bicyclic) bond motifs is 1. The molecule has 0 bridgehead atoms. The number of methoxy groups -OCH3 is 2. The Hall–Kier alpha value is -11.6. The number of halogens is 2. The van der Waals surface area contributed by atoms with Crippen molar-refractivity contribution < 1.29 is 56.3 Å². The number of nitrogens with one attached hydrogen (secondary N) is 1. The van der Waals surface area contributed by atoms with Crippen LogP contribution in [-0.2, 0) is 38.7 Å². The second-order valence-corrected chi connectivity index (χ2v) is 23.3. The Morgan fingerprint density at radius 2 is 1.15 bits per heavy atom. The van der Waals surface area contributed by atoms with E-state index in [1.807, 2.05) is 78.9 Å².